The van der Waals surface area contributed by atoms with Crippen LogP contribution in [0.1, 0.15) is 53.4 Å². The van der Waals surface area contributed by atoms with E-state index in [1.165, 1.54) is 25.7 Å². The quantitative estimate of drug-likeness (QED) is 0.581. The van der Waals surface area contributed by atoms with E-state index in [0.29, 0.717) is 5.41 Å². The van der Waals surface area contributed by atoms with Crippen molar-refractivity contribution in [2.45, 2.75) is 53.4 Å². The highest BCUT2D eigenvalue weighted by atomic mass is 14.5. The van der Waals surface area contributed by atoms with Crippen molar-refractivity contribution >= 4 is 0 Å². The molecule has 0 heteroatoms. The fourth-order valence-electron chi connectivity index (χ4n) is 3.33. The molecule has 0 N–H and O–H groups in total. The lowest BCUT2D eigenvalue weighted by Crippen LogP contribution is -2.42. The molecule has 0 atom stereocenters. The zero-order valence-electron chi connectivity index (χ0n) is 10.1. The number of hydrogen-bond donors (Lipinski definition) is 0. The molecular formula is C14H24. The van der Waals surface area contributed by atoms with Crippen molar-refractivity contribution in [2.75, 3.05) is 0 Å². The highest BCUT2D eigenvalue weighted by Crippen LogP contribution is 2.59. The van der Waals surface area contributed by atoms with Crippen LogP contribution in [0.15, 0.2) is 11.6 Å². The Morgan fingerprint density at radius 1 is 1.29 bits per heavy atom. The van der Waals surface area contributed by atoms with E-state index in [0.717, 1.165) is 17.8 Å². The van der Waals surface area contributed by atoms with Crippen LogP contribution in [0.2, 0.25) is 0 Å². The number of rotatable bonds is 3. The fraction of sp³-hybridized carbons (Fsp3) is 0.857. The topological polar surface area (TPSA) is 0 Å². The van der Waals surface area contributed by atoms with E-state index in [-0.39, 0.29) is 0 Å². The second-order valence-electron chi connectivity index (χ2n) is 6.32. The van der Waals surface area contributed by atoms with E-state index in [1.807, 2.05) is 0 Å². The Hall–Kier alpha value is -0.260. The molecule has 2 aliphatic rings. The smallest absolute Gasteiger partial charge is 0.00729 e. The van der Waals surface area contributed by atoms with Gasteiger partial charge in [-0.15, -0.1) is 0 Å². The molecule has 0 aliphatic heterocycles. The molecule has 0 unspecified atom stereocenters. The summed E-state index contributed by atoms with van der Waals surface area (Å²) < 4.78 is 0. The van der Waals surface area contributed by atoms with Crippen LogP contribution >= 0.6 is 0 Å². The molecule has 14 heavy (non-hydrogen) atoms. The Morgan fingerprint density at radius 2 is 1.86 bits per heavy atom. The molecule has 0 aromatic heterocycles. The van der Waals surface area contributed by atoms with E-state index in [1.54, 1.807) is 5.57 Å². The molecule has 2 rings (SSSR count). The van der Waals surface area contributed by atoms with E-state index in [2.05, 4.69) is 33.8 Å². The van der Waals surface area contributed by atoms with Crippen molar-refractivity contribution in [1.29, 1.82) is 0 Å². The van der Waals surface area contributed by atoms with Crippen molar-refractivity contribution < 1.29 is 0 Å². The van der Waals surface area contributed by atoms with Gasteiger partial charge in [-0.25, -0.2) is 0 Å². The maximum absolute atomic E-state index is 2.59. The van der Waals surface area contributed by atoms with E-state index in [4.69, 9.17) is 0 Å². The first-order chi connectivity index (χ1) is 6.51. The molecule has 0 amide bonds. The Morgan fingerprint density at radius 3 is 2.29 bits per heavy atom. The van der Waals surface area contributed by atoms with Gasteiger partial charge in [-0.1, -0.05) is 39.3 Å². The summed E-state index contributed by atoms with van der Waals surface area (Å²) in [6, 6.07) is 0. The molecule has 1 spiro atoms. The maximum atomic E-state index is 2.59. The van der Waals surface area contributed by atoms with Crippen LogP contribution in [-0.4, -0.2) is 0 Å². The first kappa shape index (κ1) is 10.3. The Balaban J connectivity index is 1.79. The molecule has 80 valence electrons. The van der Waals surface area contributed by atoms with Crippen LogP contribution in [0, 0.1) is 23.2 Å². The summed E-state index contributed by atoms with van der Waals surface area (Å²) in [4.78, 5) is 0. The van der Waals surface area contributed by atoms with Crippen LogP contribution in [0.3, 0.4) is 0 Å². The van der Waals surface area contributed by atoms with Crippen molar-refractivity contribution in [2.24, 2.45) is 23.2 Å². The summed E-state index contributed by atoms with van der Waals surface area (Å²) in [6.07, 6.45) is 8.43. The van der Waals surface area contributed by atoms with E-state index < -0.39 is 0 Å². The van der Waals surface area contributed by atoms with Gasteiger partial charge in [0.05, 0.1) is 0 Å². The minimum absolute atomic E-state index is 0.694. The molecule has 1 fully saturated rings. The Bertz CT molecular complexity index is 239. The summed E-state index contributed by atoms with van der Waals surface area (Å²) in [7, 11) is 0. The predicted molar refractivity (Wildman–Crippen MR) is 62.2 cm³/mol. The van der Waals surface area contributed by atoms with E-state index >= 15 is 0 Å². The minimum atomic E-state index is 0.694. The monoisotopic (exact) mass is 192 g/mol. The lowest BCUT2D eigenvalue weighted by Gasteiger charge is -2.53. The summed E-state index contributed by atoms with van der Waals surface area (Å²) in [6.45, 7) is 9.34. The van der Waals surface area contributed by atoms with Gasteiger partial charge in [0.1, 0.15) is 0 Å². The first-order valence-corrected chi connectivity index (χ1v) is 6.22. The van der Waals surface area contributed by atoms with Crippen molar-refractivity contribution in [3.8, 4) is 0 Å². The maximum Gasteiger partial charge on any atom is -0.00729 e. The highest BCUT2D eigenvalue weighted by Gasteiger charge is 2.47. The van der Waals surface area contributed by atoms with Gasteiger partial charge >= 0.3 is 0 Å². The fourth-order valence-corrected chi connectivity index (χ4v) is 3.33. The summed E-state index contributed by atoms with van der Waals surface area (Å²) in [5.74, 6) is 2.73. The molecule has 0 aromatic carbocycles. The normalized spacial score (nSPS) is 35.9. The SMILES string of the molecule is CC(C)CC1CC2(C=C(C(C)C)C2)C1. The summed E-state index contributed by atoms with van der Waals surface area (Å²) >= 11 is 0. The number of allylic oxidation sites excluding steroid dienone is 2. The van der Waals surface area contributed by atoms with Gasteiger partial charge in [-0.05, 0) is 48.9 Å². The molecule has 0 heterocycles. The molecular weight excluding hydrogens is 168 g/mol. The third-order valence-corrected chi connectivity index (χ3v) is 3.98. The van der Waals surface area contributed by atoms with Gasteiger partial charge in [-0.3, -0.25) is 0 Å². The lowest BCUT2D eigenvalue weighted by atomic mass is 9.51. The second kappa shape index (κ2) is 3.40. The molecule has 2 aliphatic carbocycles. The zero-order valence-corrected chi connectivity index (χ0v) is 10.1. The van der Waals surface area contributed by atoms with Crippen LogP contribution in [0.4, 0.5) is 0 Å². The summed E-state index contributed by atoms with van der Waals surface area (Å²) in [5, 5.41) is 0. The molecule has 1 saturated carbocycles. The molecule has 0 aromatic rings. The van der Waals surface area contributed by atoms with Crippen LogP contribution < -0.4 is 0 Å². The Kier molecular flexibility index (Phi) is 2.49. The van der Waals surface area contributed by atoms with Gasteiger partial charge in [0.2, 0.25) is 0 Å². The molecule has 0 bridgehead atoms. The number of hydrogen-bond acceptors (Lipinski definition) is 0. The first-order valence-electron chi connectivity index (χ1n) is 6.22. The van der Waals surface area contributed by atoms with Gasteiger partial charge in [0.25, 0.3) is 0 Å². The van der Waals surface area contributed by atoms with Gasteiger partial charge < -0.3 is 0 Å². The molecule has 0 nitrogen and oxygen atoms in total. The van der Waals surface area contributed by atoms with Crippen molar-refractivity contribution in [3.05, 3.63) is 11.6 Å². The molecule has 0 saturated heterocycles. The third-order valence-electron chi connectivity index (χ3n) is 3.98. The van der Waals surface area contributed by atoms with E-state index in [9.17, 15) is 0 Å². The molecule has 0 radical (unpaired) electrons. The minimum Gasteiger partial charge on any atom is -0.0785 e. The Labute approximate surface area is 88.8 Å². The highest BCUT2D eigenvalue weighted by molar-refractivity contribution is 5.28. The standard InChI is InChI=1S/C14H24/c1-10(2)5-12-6-14(7-12)8-13(9-14)11(3)4/h8,10-12H,5-7,9H2,1-4H3. The zero-order chi connectivity index (χ0) is 10.3. The second-order valence-corrected chi connectivity index (χ2v) is 6.32. The van der Waals surface area contributed by atoms with Gasteiger partial charge in [0, 0.05) is 0 Å². The largest absolute Gasteiger partial charge is 0.0785 e. The van der Waals surface area contributed by atoms with Crippen molar-refractivity contribution in [3.63, 3.8) is 0 Å². The third kappa shape index (κ3) is 1.76. The van der Waals surface area contributed by atoms with Crippen LogP contribution in [-0.2, 0) is 0 Å². The lowest BCUT2D eigenvalue weighted by molar-refractivity contribution is 0.0663. The average Bonchev–Trinajstić information content (AvgIpc) is 1.89. The van der Waals surface area contributed by atoms with Crippen LogP contribution in [0.5, 0.6) is 0 Å². The summed E-state index contributed by atoms with van der Waals surface area (Å²) in [5.41, 5.74) is 2.41. The van der Waals surface area contributed by atoms with Crippen LogP contribution in [0.25, 0.3) is 0 Å². The van der Waals surface area contributed by atoms with Crippen molar-refractivity contribution in [1.82, 2.24) is 0 Å². The van der Waals surface area contributed by atoms with Gasteiger partial charge in [-0.2, -0.15) is 0 Å². The average molecular weight is 192 g/mol. The predicted octanol–water partition coefficient (Wildman–Crippen LogP) is 4.42. The van der Waals surface area contributed by atoms with Gasteiger partial charge in [0.15, 0.2) is 0 Å².